The molecule has 1 aromatic rings. The van der Waals surface area contributed by atoms with Crippen LogP contribution in [0.5, 0.6) is 0 Å². The number of rotatable bonds is 2. The van der Waals surface area contributed by atoms with Crippen LogP contribution in [0, 0.1) is 0 Å². The fourth-order valence-corrected chi connectivity index (χ4v) is 1.50. The highest BCUT2D eigenvalue weighted by atomic mass is 35.5. The van der Waals surface area contributed by atoms with Gasteiger partial charge in [0, 0.05) is 19.3 Å². The Labute approximate surface area is 87.8 Å². The molecule has 0 aliphatic carbocycles. The molecule has 1 aliphatic rings. The molecule has 0 bridgehead atoms. The third-order valence-corrected chi connectivity index (χ3v) is 2.23. The molecule has 1 aromatic heterocycles. The molecule has 2 rings (SSSR count). The first-order chi connectivity index (χ1) is 6.84. The van der Waals surface area contributed by atoms with Gasteiger partial charge in [0.2, 0.25) is 0 Å². The van der Waals surface area contributed by atoms with E-state index >= 15 is 0 Å². The van der Waals surface area contributed by atoms with E-state index in [-0.39, 0.29) is 0 Å². The van der Waals surface area contributed by atoms with Gasteiger partial charge in [0.15, 0.2) is 0 Å². The highest BCUT2D eigenvalue weighted by Crippen LogP contribution is 2.13. The quantitative estimate of drug-likeness (QED) is 0.754. The summed E-state index contributed by atoms with van der Waals surface area (Å²) >= 11 is 5.77. The summed E-state index contributed by atoms with van der Waals surface area (Å²) in [6.45, 7) is 3.32. The SMILES string of the molecule is Clc1cc(NN2CCOCC2)ccn1. The van der Waals surface area contributed by atoms with E-state index in [0.717, 1.165) is 32.0 Å². The lowest BCUT2D eigenvalue weighted by Crippen LogP contribution is -2.40. The van der Waals surface area contributed by atoms with E-state index in [9.17, 15) is 0 Å². The van der Waals surface area contributed by atoms with Gasteiger partial charge in [-0.2, -0.15) is 0 Å². The number of hydrogen-bond acceptors (Lipinski definition) is 4. The van der Waals surface area contributed by atoms with Crippen molar-refractivity contribution in [2.24, 2.45) is 0 Å². The number of morpholine rings is 1. The minimum Gasteiger partial charge on any atom is -0.379 e. The van der Waals surface area contributed by atoms with Crippen LogP contribution in [0.4, 0.5) is 5.69 Å². The lowest BCUT2D eigenvalue weighted by molar-refractivity contribution is 0.0497. The number of anilines is 1. The number of pyridine rings is 1. The molecule has 0 spiro atoms. The number of ether oxygens (including phenoxy) is 1. The number of aromatic nitrogens is 1. The van der Waals surface area contributed by atoms with Crippen LogP contribution in [0.3, 0.4) is 0 Å². The third-order valence-electron chi connectivity index (χ3n) is 2.02. The molecule has 5 heteroatoms. The third kappa shape index (κ3) is 2.57. The average Bonchev–Trinajstić information content (AvgIpc) is 2.19. The van der Waals surface area contributed by atoms with Gasteiger partial charge in [-0.25, -0.2) is 9.99 Å². The standard InChI is InChI=1S/C9H12ClN3O/c10-9-7-8(1-2-11-9)12-13-3-5-14-6-4-13/h1-2,7H,3-6H2,(H,11,12). The van der Waals surface area contributed by atoms with Crippen LogP contribution in [0.15, 0.2) is 18.3 Å². The van der Waals surface area contributed by atoms with Crippen LogP contribution >= 0.6 is 11.6 Å². The molecule has 1 N–H and O–H groups in total. The minimum atomic E-state index is 0.503. The first-order valence-corrected chi connectivity index (χ1v) is 4.93. The summed E-state index contributed by atoms with van der Waals surface area (Å²) < 4.78 is 5.24. The summed E-state index contributed by atoms with van der Waals surface area (Å²) in [5.74, 6) is 0. The maximum absolute atomic E-state index is 5.77. The van der Waals surface area contributed by atoms with E-state index in [1.54, 1.807) is 12.3 Å². The van der Waals surface area contributed by atoms with Crippen molar-refractivity contribution in [2.75, 3.05) is 31.7 Å². The van der Waals surface area contributed by atoms with Gasteiger partial charge in [-0.15, -0.1) is 0 Å². The molecular formula is C9H12ClN3O. The van der Waals surface area contributed by atoms with Gasteiger partial charge in [-0.3, -0.25) is 0 Å². The number of hydrazine groups is 1. The van der Waals surface area contributed by atoms with Crippen LogP contribution < -0.4 is 5.43 Å². The molecule has 4 nitrogen and oxygen atoms in total. The molecule has 0 atom stereocenters. The van der Waals surface area contributed by atoms with Gasteiger partial charge in [0.1, 0.15) is 5.15 Å². The van der Waals surface area contributed by atoms with Crippen molar-refractivity contribution in [2.45, 2.75) is 0 Å². The maximum atomic E-state index is 5.77. The van der Waals surface area contributed by atoms with E-state index in [2.05, 4.69) is 15.4 Å². The average molecular weight is 214 g/mol. The molecule has 1 aliphatic heterocycles. The zero-order valence-electron chi connectivity index (χ0n) is 7.74. The Hall–Kier alpha value is -0.840. The fraction of sp³-hybridized carbons (Fsp3) is 0.444. The largest absolute Gasteiger partial charge is 0.379 e. The van der Waals surface area contributed by atoms with Crippen molar-refractivity contribution in [1.29, 1.82) is 0 Å². The zero-order valence-corrected chi connectivity index (χ0v) is 8.50. The normalized spacial score (nSPS) is 18.1. The van der Waals surface area contributed by atoms with Crippen LogP contribution in [0.25, 0.3) is 0 Å². The summed E-state index contributed by atoms with van der Waals surface area (Å²) in [7, 11) is 0. The molecule has 0 radical (unpaired) electrons. The highest BCUT2D eigenvalue weighted by molar-refractivity contribution is 6.29. The number of nitrogens with one attached hydrogen (secondary N) is 1. The molecule has 76 valence electrons. The van der Waals surface area contributed by atoms with Crippen molar-refractivity contribution in [3.05, 3.63) is 23.5 Å². The summed E-state index contributed by atoms with van der Waals surface area (Å²) in [6, 6.07) is 3.69. The Morgan fingerprint density at radius 2 is 2.21 bits per heavy atom. The predicted molar refractivity (Wildman–Crippen MR) is 55.3 cm³/mol. The Kier molecular flexibility index (Phi) is 3.18. The van der Waals surface area contributed by atoms with Crippen molar-refractivity contribution in [3.63, 3.8) is 0 Å². The fourth-order valence-electron chi connectivity index (χ4n) is 1.33. The topological polar surface area (TPSA) is 37.4 Å². The lowest BCUT2D eigenvalue weighted by Gasteiger charge is -2.27. The highest BCUT2D eigenvalue weighted by Gasteiger charge is 2.09. The van der Waals surface area contributed by atoms with Crippen molar-refractivity contribution >= 4 is 17.3 Å². The summed E-state index contributed by atoms with van der Waals surface area (Å²) in [4.78, 5) is 3.92. The van der Waals surface area contributed by atoms with E-state index < -0.39 is 0 Å². The first-order valence-electron chi connectivity index (χ1n) is 4.55. The number of nitrogens with zero attached hydrogens (tertiary/aromatic N) is 2. The Balaban J connectivity index is 1.95. The molecule has 1 fully saturated rings. The van der Waals surface area contributed by atoms with Crippen molar-refractivity contribution in [3.8, 4) is 0 Å². The molecule has 2 heterocycles. The first kappa shape index (κ1) is 9.71. The van der Waals surface area contributed by atoms with E-state index in [4.69, 9.17) is 16.3 Å². The Morgan fingerprint density at radius 3 is 2.93 bits per heavy atom. The van der Waals surface area contributed by atoms with Crippen molar-refractivity contribution < 1.29 is 4.74 Å². The molecule has 0 amide bonds. The van der Waals surface area contributed by atoms with Crippen molar-refractivity contribution in [1.82, 2.24) is 9.99 Å². The lowest BCUT2D eigenvalue weighted by atomic mass is 10.4. The summed E-state index contributed by atoms with van der Waals surface area (Å²) in [6.07, 6.45) is 1.69. The molecule has 1 saturated heterocycles. The Bertz CT molecular complexity index is 302. The zero-order chi connectivity index (χ0) is 9.80. The maximum Gasteiger partial charge on any atom is 0.131 e. The van der Waals surface area contributed by atoms with Gasteiger partial charge in [-0.05, 0) is 12.1 Å². The second-order valence-corrected chi connectivity index (χ2v) is 3.47. The van der Waals surface area contributed by atoms with Crippen LogP contribution in [-0.2, 0) is 4.74 Å². The van der Waals surface area contributed by atoms with Gasteiger partial charge in [0.25, 0.3) is 0 Å². The van der Waals surface area contributed by atoms with Gasteiger partial charge >= 0.3 is 0 Å². The molecular weight excluding hydrogens is 202 g/mol. The number of hydrogen-bond donors (Lipinski definition) is 1. The summed E-state index contributed by atoms with van der Waals surface area (Å²) in [5, 5.41) is 2.61. The molecule has 0 unspecified atom stereocenters. The van der Waals surface area contributed by atoms with E-state index in [0.29, 0.717) is 5.15 Å². The van der Waals surface area contributed by atoms with Gasteiger partial charge in [0.05, 0.1) is 18.9 Å². The van der Waals surface area contributed by atoms with E-state index in [1.807, 2.05) is 6.07 Å². The van der Waals surface area contributed by atoms with Gasteiger partial charge < -0.3 is 10.2 Å². The van der Waals surface area contributed by atoms with E-state index in [1.165, 1.54) is 0 Å². The molecule has 14 heavy (non-hydrogen) atoms. The predicted octanol–water partition coefficient (Wildman–Crippen LogP) is 1.39. The van der Waals surface area contributed by atoms with Crippen LogP contribution in [-0.4, -0.2) is 36.3 Å². The smallest absolute Gasteiger partial charge is 0.131 e. The monoisotopic (exact) mass is 213 g/mol. The van der Waals surface area contributed by atoms with Crippen LogP contribution in [0.2, 0.25) is 5.15 Å². The van der Waals surface area contributed by atoms with Gasteiger partial charge in [-0.1, -0.05) is 11.6 Å². The minimum absolute atomic E-state index is 0.503. The second kappa shape index (κ2) is 4.59. The molecule has 0 saturated carbocycles. The molecule has 0 aromatic carbocycles. The summed E-state index contributed by atoms with van der Waals surface area (Å²) in [5.41, 5.74) is 4.22. The Morgan fingerprint density at radius 1 is 1.43 bits per heavy atom. The second-order valence-electron chi connectivity index (χ2n) is 3.08. The van der Waals surface area contributed by atoms with Crippen LogP contribution in [0.1, 0.15) is 0 Å². The number of halogens is 1.